The maximum atomic E-state index is 12.7. The zero-order valence-electron chi connectivity index (χ0n) is 16.3. The summed E-state index contributed by atoms with van der Waals surface area (Å²) in [5, 5.41) is 3.01. The number of benzene rings is 2. The van der Waals surface area contributed by atoms with Crippen molar-refractivity contribution in [1.82, 2.24) is 4.90 Å². The second kappa shape index (κ2) is 8.91. The normalized spacial score (nSPS) is 15.4. The van der Waals surface area contributed by atoms with Crippen molar-refractivity contribution in [3.63, 3.8) is 0 Å². The van der Waals surface area contributed by atoms with Gasteiger partial charge < -0.3 is 14.8 Å². The Hall–Kier alpha value is -2.53. The summed E-state index contributed by atoms with van der Waals surface area (Å²) in [6, 6.07) is 14.1. The number of nitrogens with zero attached hydrogens (tertiary/aromatic N) is 1. The van der Waals surface area contributed by atoms with Crippen LogP contribution in [-0.4, -0.2) is 38.1 Å². The lowest BCUT2D eigenvalue weighted by Crippen LogP contribution is -2.37. The van der Waals surface area contributed by atoms with Gasteiger partial charge in [0.2, 0.25) is 5.91 Å². The molecule has 3 rings (SSSR count). The lowest BCUT2D eigenvalue weighted by molar-refractivity contribution is -0.121. The van der Waals surface area contributed by atoms with E-state index in [2.05, 4.69) is 41.4 Å². The van der Waals surface area contributed by atoms with Gasteiger partial charge in [0, 0.05) is 18.5 Å². The van der Waals surface area contributed by atoms with Gasteiger partial charge in [-0.15, -0.1) is 0 Å². The van der Waals surface area contributed by atoms with Crippen LogP contribution in [-0.2, 0) is 11.3 Å². The third-order valence-corrected chi connectivity index (χ3v) is 5.15. The van der Waals surface area contributed by atoms with Crippen molar-refractivity contribution in [1.29, 1.82) is 0 Å². The maximum absolute atomic E-state index is 12.7. The summed E-state index contributed by atoms with van der Waals surface area (Å²) in [5.74, 6) is 1.41. The molecule has 0 aliphatic carbocycles. The lowest BCUT2D eigenvalue weighted by atomic mass is 9.95. The van der Waals surface area contributed by atoms with Crippen LogP contribution in [0.15, 0.2) is 42.5 Å². The average molecular weight is 368 g/mol. The summed E-state index contributed by atoms with van der Waals surface area (Å²) in [5.41, 5.74) is 3.26. The van der Waals surface area contributed by atoms with Crippen LogP contribution in [0.2, 0.25) is 0 Å². The molecular formula is C22H28N2O3. The Balaban J connectivity index is 1.55. The number of likely N-dealkylation sites (tertiary alicyclic amines) is 1. The zero-order chi connectivity index (χ0) is 19.2. The van der Waals surface area contributed by atoms with Gasteiger partial charge in [0.25, 0.3) is 0 Å². The number of hydrogen-bond donors (Lipinski definition) is 1. The highest BCUT2D eigenvalue weighted by molar-refractivity contribution is 5.94. The molecule has 1 heterocycles. The molecule has 1 saturated heterocycles. The van der Waals surface area contributed by atoms with Crippen LogP contribution in [0.25, 0.3) is 0 Å². The smallest absolute Gasteiger partial charge is 0.227 e. The predicted octanol–water partition coefficient (Wildman–Crippen LogP) is 3.86. The first-order chi connectivity index (χ1) is 13.1. The Morgan fingerprint density at radius 1 is 1.07 bits per heavy atom. The Morgan fingerprint density at radius 2 is 1.78 bits per heavy atom. The highest BCUT2D eigenvalue weighted by atomic mass is 16.5. The van der Waals surface area contributed by atoms with Crippen LogP contribution in [0.4, 0.5) is 5.69 Å². The minimum absolute atomic E-state index is 0.0233. The van der Waals surface area contributed by atoms with Crippen molar-refractivity contribution in [2.45, 2.75) is 26.3 Å². The highest BCUT2D eigenvalue weighted by Crippen LogP contribution is 2.30. The summed E-state index contributed by atoms with van der Waals surface area (Å²) in [6.45, 7) is 4.91. The van der Waals surface area contributed by atoms with E-state index < -0.39 is 0 Å². The van der Waals surface area contributed by atoms with E-state index in [1.54, 1.807) is 26.4 Å². The van der Waals surface area contributed by atoms with Gasteiger partial charge in [-0.05, 0) is 50.6 Å². The maximum Gasteiger partial charge on any atom is 0.227 e. The number of methoxy groups -OCH3 is 2. The first-order valence-corrected chi connectivity index (χ1v) is 9.40. The molecule has 27 heavy (non-hydrogen) atoms. The van der Waals surface area contributed by atoms with Gasteiger partial charge in [-0.3, -0.25) is 9.69 Å². The van der Waals surface area contributed by atoms with E-state index in [9.17, 15) is 4.79 Å². The van der Waals surface area contributed by atoms with Gasteiger partial charge in [0.05, 0.1) is 19.9 Å². The monoisotopic (exact) mass is 368 g/mol. The van der Waals surface area contributed by atoms with E-state index in [0.29, 0.717) is 17.2 Å². The number of aryl methyl sites for hydroxylation is 1. The van der Waals surface area contributed by atoms with Crippen LogP contribution in [0.1, 0.15) is 24.0 Å². The second-order valence-electron chi connectivity index (χ2n) is 7.09. The molecule has 0 spiro atoms. The third-order valence-electron chi connectivity index (χ3n) is 5.15. The molecule has 0 aromatic heterocycles. The van der Waals surface area contributed by atoms with Gasteiger partial charge in [-0.2, -0.15) is 0 Å². The Morgan fingerprint density at radius 3 is 2.41 bits per heavy atom. The van der Waals surface area contributed by atoms with Crippen molar-refractivity contribution in [2.24, 2.45) is 5.92 Å². The number of carbonyl (C=O) groups is 1. The fourth-order valence-electron chi connectivity index (χ4n) is 3.45. The van der Waals surface area contributed by atoms with E-state index in [4.69, 9.17) is 9.47 Å². The number of piperidine rings is 1. The summed E-state index contributed by atoms with van der Waals surface area (Å²) >= 11 is 0. The molecule has 2 aromatic rings. The van der Waals surface area contributed by atoms with Crippen molar-refractivity contribution in [3.05, 3.63) is 53.6 Å². The average Bonchev–Trinajstić information content (AvgIpc) is 2.70. The molecular weight excluding hydrogens is 340 g/mol. The molecule has 1 N–H and O–H groups in total. The van der Waals surface area contributed by atoms with Crippen LogP contribution in [0.3, 0.4) is 0 Å². The summed E-state index contributed by atoms with van der Waals surface area (Å²) in [4.78, 5) is 15.1. The largest absolute Gasteiger partial charge is 0.497 e. The number of rotatable bonds is 6. The summed E-state index contributed by atoms with van der Waals surface area (Å²) < 4.78 is 10.6. The Labute approximate surface area is 161 Å². The highest BCUT2D eigenvalue weighted by Gasteiger charge is 2.25. The van der Waals surface area contributed by atoms with Crippen molar-refractivity contribution < 1.29 is 14.3 Å². The molecule has 144 valence electrons. The molecule has 5 heteroatoms. The first kappa shape index (κ1) is 19.2. The van der Waals surface area contributed by atoms with Crippen LogP contribution >= 0.6 is 0 Å². The summed E-state index contributed by atoms with van der Waals surface area (Å²) in [7, 11) is 3.21. The molecule has 1 aliphatic rings. The zero-order valence-corrected chi connectivity index (χ0v) is 16.3. The third kappa shape index (κ3) is 5.01. The van der Waals surface area contributed by atoms with E-state index >= 15 is 0 Å². The molecule has 0 saturated carbocycles. The standard InChI is InChI=1S/C22H28N2O3/c1-16-4-6-17(7-5-16)15-24-12-10-18(11-13-24)22(25)23-20-14-19(26-2)8-9-21(20)27-3/h4-9,14,18H,10-13,15H2,1-3H3,(H,23,25). The van der Waals surface area contributed by atoms with Crippen LogP contribution in [0.5, 0.6) is 11.5 Å². The van der Waals surface area contributed by atoms with E-state index in [0.717, 1.165) is 32.5 Å². The van der Waals surface area contributed by atoms with Crippen molar-refractivity contribution in [3.8, 4) is 11.5 Å². The molecule has 1 aliphatic heterocycles. The van der Waals surface area contributed by atoms with Gasteiger partial charge in [0.15, 0.2) is 0 Å². The number of anilines is 1. The Bertz CT molecular complexity index is 766. The second-order valence-corrected chi connectivity index (χ2v) is 7.09. The van der Waals surface area contributed by atoms with E-state index in [1.165, 1.54) is 11.1 Å². The molecule has 2 aromatic carbocycles. The number of ether oxygens (including phenoxy) is 2. The fraction of sp³-hybridized carbons (Fsp3) is 0.409. The number of hydrogen-bond acceptors (Lipinski definition) is 4. The molecule has 0 unspecified atom stereocenters. The molecule has 5 nitrogen and oxygen atoms in total. The minimum atomic E-state index is 0.0233. The van der Waals surface area contributed by atoms with Gasteiger partial charge >= 0.3 is 0 Å². The first-order valence-electron chi connectivity index (χ1n) is 9.40. The summed E-state index contributed by atoms with van der Waals surface area (Å²) in [6.07, 6.45) is 1.73. The van der Waals surface area contributed by atoms with E-state index in [1.807, 2.05) is 6.07 Å². The number of amides is 1. The molecule has 1 amide bonds. The van der Waals surface area contributed by atoms with Gasteiger partial charge in [-0.1, -0.05) is 29.8 Å². The fourth-order valence-corrected chi connectivity index (χ4v) is 3.45. The molecule has 1 fully saturated rings. The van der Waals surface area contributed by atoms with Crippen LogP contribution in [0, 0.1) is 12.8 Å². The molecule has 0 bridgehead atoms. The van der Waals surface area contributed by atoms with Crippen molar-refractivity contribution in [2.75, 3.05) is 32.6 Å². The Kier molecular flexibility index (Phi) is 6.35. The van der Waals surface area contributed by atoms with E-state index in [-0.39, 0.29) is 11.8 Å². The number of nitrogens with one attached hydrogen (secondary N) is 1. The molecule has 0 radical (unpaired) electrons. The van der Waals surface area contributed by atoms with Crippen LogP contribution < -0.4 is 14.8 Å². The SMILES string of the molecule is COc1ccc(OC)c(NC(=O)C2CCN(Cc3ccc(C)cc3)CC2)c1. The minimum Gasteiger partial charge on any atom is -0.497 e. The topological polar surface area (TPSA) is 50.8 Å². The van der Waals surface area contributed by atoms with Gasteiger partial charge in [0.1, 0.15) is 11.5 Å². The number of carbonyl (C=O) groups excluding carboxylic acids is 1. The molecule has 0 atom stereocenters. The van der Waals surface area contributed by atoms with Crippen molar-refractivity contribution >= 4 is 11.6 Å². The quantitative estimate of drug-likeness (QED) is 0.841. The predicted molar refractivity (Wildman–Crippen MR) is 107 cm³/mol. The van der Waals surface area contributed by atoms with Gasteiger partial charge in [-0.25, -0.2) is 0 Å². The lowest BCUT2D eigenvalue weighted by Gasteiger charge is -2.31.